The number of hydrogen-bond donors (Lipinski definition) is 1. The number of aromatic nitrogens is 1. The maximum absolute atomic E-state index is 11.6. The molecule has 1 aliphatic carbocycles. The summed E-state index contributed by atoms with van der Waals surface area (Å²) in [7, 11) is 1.54. The highest BCUT2D eigenvalue weighted by molar-refractivity contribution is 7.09. The lowest BCUT2D eigenvalue weighted by molar-refractivity contribution is -0.140. The second-order valence-corrected chi connectivity index (χ2v) is 11.0. The molecule has 3 rings (SSSR count). The van der Waals surface area contributed by atoms with Gasteiger partial charge in [-0.2, -0.15) is 15.2 Å². The zero-order valence-electron chi connectivity index (χ0n) is 19.4. The van der Waals surface area contributed by atoms with Crippen molar-refractivity contribution in [2.75, 3.05) is 7.11 Å². The van der Waals surface area contributed by atoms with Gasteiger partial charge in [-0.15, -0.1) is 11.3 Å². The van der Waals surface area contributed by atoms with Gasteiger partial charge in [0.2, 0.25) is 6.19 Å². The number of aliphatic imine (C=N–C) groups is 1. The van der Waals surface area contributed by atoms with E-state index in [0.29, 0.717) is 27.7 Å². The van der Waals surface area contributed by atoms with Gasteiger partial charge in [0.1, 0.15) is 5.75 Å². The summed E-state index contributed by atoms with van der Waals surface area (Å²) in [6, 6.07) is 5.09. The summed E-state index contributed by atoms with van der Waals surface area (Å²) in [4.78, 5) is 22.2. The average Bonchev–Trinajstić information content (AvgIpc) is 3.34. The molecule has 2 aromatic rings. The van der Waals surface area contributed by atoms with Crippen LogP contribution in [-0.2, 0) is 16.8 Å². The third-order valence-corrected chi connectivity index (χ3v) is 7.60. The molecule has 33 heavy (non-hydrogen) atoms. The third kappa shape index (κ3) is 6.04. The molecule has 0 radical (unpaired) electrons. The molecule has 1 saturated carbocycles. The van der Waals surface area contributed by atoms with Crippen molar-refractivity contribution in [2.45, 2.75) is 64.8 Å². The Morgan fingerprint density at radius 3 is 2.64 bits per heavy atom. The predicted octanol–water partition coefficient (Wildman–Crippen LogP) is 5.37. The van der Waals surface area contributed by atoms with Crippen molar-refractivity contribution in [1.29, 1.82) is 5.26 Å². The van der Waals surface area contributed by atoms with Crippen LogP contribution in [0, 0.1) is 16.9 Å². The fourth-order valence-corrected chi connectivity index (χ4v) is 5.48. The van der Waals surface area contributed by atoms with Crippen molar-refractivity contribution in [3.05, 3.63) is 44.7 Å². The van der Waals surface area contributed by atoms with Gasteiger partial charge in [-0.05, 0) is 41.9 Å². The molecule has 0 amide bonds. The van der Waals surface area contributed by atoms with Gasteiger partial charge in [0.05, 0.1) is 19.1 Å². The maximum Gasteiger partial charge on any atom is 0.303 e. The van der Waals surface area contributed by atoms with Crippen molar-refractivity contribution >= 4 is 34.7 Å². The van der Waals surface area contributed by atoms with Crippen LogP contribution in [0.25, 0.3) is 0 Å². The van der Waals surface area contributed by atoms with Crippen LogP contribution < -0.4 is 9.54 Å². The number of halogens is 1. The highest BCUT2D eigenvalue weighted by Crippen LogP contribution is 2.42. The Hall–Kier alpha value is -2.63. The SMILES string of the molecule is COc1ccc(Cl)cc1C(=NC#N)N=c1sc(C(C)(C)C)cn1CC1(CC(=O)O)CCCC1. The molecule has 0 unspecified atom stereocenters. The van der Waals surface area contributed by atoms with E-state index < -0.39 is 5.97 Å². The number of carbonyl (C=O) groups is 1. The molecule has 1 aromatic heterocycles. The van der Waals surface area contributed by atoms with Gasteiger partial charge >= 0.3 is 5.97 Å². The molecule has 1 N–H and O–H groups in total. The molecule has 176 valence electrons. The number of benzene rings is 1. The average molecular weight is 489 g/mol. The standard InChI is InChI=1S/C24H29ClN4O3S/c1-23(2,3)19-13-29(14-24(12-20(30)31)9-5-6-10-24)22(33-19)28-21(27-15-26)17-11-16(25)7-8-18(17)32-4/h7-8,11,13H,5-6,9-10,12,14H2,1-4H3,(H,30,31). The Kier molecular flexibility index (Phi) is 7.65. The predicted molar refractivity (Wildman–Crippen MR) is 130 cm³/mol. The number of aliphatic carboxylic acids is 1. The fraction of sp³-hybridized carbons (Fsp3) is 0.500. The minimum atomic E-state index is -0.780. The summed E-state index contributed by atoms with van der Waals surface area (Å²) in [6.07, 6.45) is 7.81. The van der Waals surface area contributed by atoms with E-state index in [0.717, 1.165) is 30.6 Å². The summed E-state index contributed by atoms with van der Waals surface area (Å²) in [5.41, 5.74) is 0.0952. The van der Waals surface area contributed by atoms with Gasteiger partial charge in [0.25, 0.3) is 0 Å². The highest BCUT2D eigenvalue weighted by atomic mass is 35.5. The number of rotatable bonds is 6. The van der Waals surface area contributed by atoms with E-state index in [2.05, 4.69) is 32.0 Å². The Balaban J connectivity index is 2.17. The molecule has 1 fully saturated rings. The molecule has 0 bridgehead atoms. The molecular weight excluding hydrogens is 460 g/mol. The summed E-state index contributed by atoms with van der Waals surface area (Å²) in [5, 5.41) is 19.4. The Morgan fingerprint density at radius 1 is 1.36 bits per heavy atom. The summed E-state index contributed by atoms with van der Waals surface area (Å²) < 4.78 is 7.48. The lowest BCUT2D eigenvalue weighted by Crippen LogP contribution is -2.31. The van der Waals surface area contributed by atoms with Crippen LogP contribution >= 0.6 is 22.9 Å². The number of thiazole rings is 1. The van der Waals surface area contributed by atoms with E-state index in [1.54, 1.807) is 18.2 Å². The van der Waals surface area contributed by atoms with Crippen LogP contribution in [0.4, 0.5) is 0 Å². The van der Waals surface area contributed by atoms with Crippen molar-refractivity contribution in [1.82, 2.24) is 4.57 Å². The lowest BCUT2D eigenvalue weighted by atomic mass is 9.82. The number of hydrogen-bond acceptors (Lipinski definition) is 5. The van der Waals surface area contributed by atoms with E-state index >= 15 is 0 Å². The first-order valence-corrected chi connectivity index (χ1v) is 12.0. The first-order valence-electron chi connectivity index (χ1n) is 10.8. The van der Waals surface area contributed by atoms with Gasteiger partial charge in [-0.1, -0.05) is 45.2 Å². The normalized spacial score (nSPS) is 16.6. The third-order valence-electron chi connectivity index (χ3n) is 5.92. The van der Waals surface area contributed by atoms with Crippen molar-refractivity contribution in [2.24, 2.45) is 15.4 Å². The highest BCUT2D eigenvalue weighted by Gasteiger charge is 2.37. The summed E-state index contributed by atoms with van der Waals surface area (Å²) >= 11 is 7.72. The quantitative estimate of drug-likeness (QED) is 0.335. The molecule has 9 heteroatoms. The minimum absolute atomic E-state index is 0.115. The number of ether oxygens (including phenoxy) is 1. The largest absolute Gasteiger partial charge is 0.496 e. The monoisotopic (exact) mass is 488 g/mol. The first kappa shape index (κ1) is 25.0. The Morgan fingerprint density at radius 2 is 2.06 bits per heavy atom. The van der Waals surface area contributed by atoms with E-state index in [4.69, 9.17) is 21.3 Å². The van der Waals surface area contributed by atoms with Crippen molar-refractivity contribution in [3.63, 3.8) is 0 Å². The van der Waals surface area contributed by atoms with E-state index in [1.165, 1.54) is 18.4 Å². The Bertz CT molecular complexity index is 1160. The lowest BCUT2D eigenvalue weighted by Gasteiger charge is -2.27. The second-order valence-electron chi connectivity index (χ2n) is 9.53. The van der Waals surface area contributed by atoms with Crippen LogP contribution in [0.2, 0.25) is 5.02 Å². The van der Waals surface area contributed by atoms with Crippen LogP contribution in [0.3, 0.4) is 0 Å². The van der Waals surface area contributed by atoms with Crippen LogP contribution in [0.1, 0.15) is 63.3 Å². The number of carboxylic acid groups (broad SMARTS) is 1. The zero-order chi connectivity index (χ0) is 24.2. The molecular formula is C24H29ClN4O3S. The molecule has 1 aliphatic rings. The van der Waals surface area contributed by atoms with Crippen molar-refractivity contribution < 1.29 is 14.6 Å². The van der Waals surface area contributed by atoms with E-state index in [-0.39, 0.29) is 23.1 Å². The smallest absolute Gasteiger partial charge is 0.303 e. The summed E-state index contributed by atoms with van der Waals surface area (Å²) in [6.45, 7) is 6.93. The van der Waals surface area contributed by atoms with Gasteiger partial charge in [-0.3, -0.25) is 4.79 Å². The van der Waals surface area contributed by atoms with Crippen LogP contribution in [-0.4, -0.2) is 28.6 Å². The molecule has 1 heterocycles. The number of nitrogens with zero attached hydrogens (tertiary/aromatic N) is 4. The van der Waals surface area contributed by atoms with Gasteiger partial charge in [0, 0.05) is 22.6 Å². The fourth-order valence-electron chi connectivity index (χ4n) is 4.26. The molecule has 0 atom stereocenters. The van der Waals surface area contributed by atoms with E-state index in [9.17, 15) is 15.2 Å². The zero-order valence-corrected chi connectivity index (χ0v) is 21.0. The number of carboxylic acids is 1. The second kappa shape index (κ2) is 10.1. The number of methoxy groups -OCH3 is 1. The minimum Gasteiger partial charge on any atom is -0.496 e. The molecule has 7 nitrogen and oxygen atoms in total. The molecule has 1 aromatic carbocycles. The number of nitriles is 1. The van der Waals surface area contributed by atoms with Crippen molar-refractivity contribution in [3.8, 4) is 11.9 Å². The van der Waals surface area contributed by atoms with Gasteiger partial charge in [-0.25, -0.2) is 0 Å². The van der Waals surface area contributed by atoms with Crippen LogP contribution in [0.5, 0.6) is 5.75 Å². The molecule has 0 aliphatic heterocycles. The Labute approximate surface area is 203 Å². The number of amidine groups is 1. The molecule has 0 spiro atoms. The summed E-state index contributed by atoms with van der Waals surface area (Å²) in [5.74, 6) is -0.0706. The van der Waals surface area contributed by atoms with Gasteiger partial charge in [0.15, 0.2) is 10.6 Å². The maximum atomic E-state index is 11.6. The van der Waals surface area contributed by atoms with E-state index in [1.807, 2.05) is 10.8 Å². The van der Waals surface area contributed by atoms with Crippen LogP contribution in [0.15, 0.2) is 34.4 Å². The topological polar surface area (TPSA) is 100.0 Å². The first-order chi connectivity index (χ1) is 15.6. The molecule has 0 saturated heterocycles. The van der Waals surface area contributed by atoms with Gasteiger partial charge < -0.3 is 14.4 Å².